The summed E-state index contributed by atoms with van der Waals surface area (Å²) >= 11 is 0. The van der Waals surface area contributed by atoms with Crippen LogP contribution in [0.25, 0.3) is 10.9 Å². The fourth-order valence-electron chi connectivity index (χ4n) is 4.85. The number of aromatic nitrogens is 1. The van der Waals surface area contributed by atoms with Crippen molar-refractivity contribution in [3.05, 3.63) is 101 Å². The van der Waals surface area contributed by atoms with E-state index in [1.807, 2.05) is 54.6 Å². The van der Waals surface area contributed by atoms with Crippen LogP contribution in [0.15, 0.2) is 78.9 Å². The Morgan fingerprint density at radius 1 is 1.00 bits per heavy atom. The number of nitrogens with zero attached hydrogens (tertiary/aromatic N) is 1. The van der Waals surface area contributed by atoms with Crippen molar-refractivity contribution in [3.8, 4) is 5.75 Å². The van der Waals surface area contributed by atoms with Gasteiger partial charge in [-0.15, -0.1) is 5.06 Å². The number of hydrogen-bond donors (Lipinski definition) is 1. The van der Waals surface area contributed by atoms with Crippen LogP contribution in [0, 0.1) is 0 Å². The highest BCUT2D eigenvalue weighted by Crippen LogP contribution is 2.53. The lowest BCUT2D eigenvalue weighted by Crippen LogP contribution is -2.49. The molecule has 7 nitrogen and oxygen atoms in total. The lowest BCUT2D eigenvalue weighted by Gasteiger charge is -2.40. The van der Waals surface area contributed by atoms with Crippen LogP contribution in [0.5, 0.6) is 5.75 Å². The number of ether oxygens (including phenoxy) is 1. The van der Waals surface area contributed by atoms with E-state index < -0.39 is 16.1 Å². The van der Waals surface area contributed by atoms with Crippen LogP contribution in [0.1, 0.15) is 28.3 Å². The van der Waals surface area contributed by atoms with Crippen molar-refractivity contribution < 1.29 is 21.6 Å². The van der Waals surface area contributed by atoms with Crippen molar-refractivity contribution in [3.63, 3.8) is 0 Å². The van der Waals surface area contributed by atoms with Crippen molar-refractivity contribution in [1.82, 2.24) is 10.0 Å². The molecule has 0 spiro atoms. The Bertz CT molecular complexity index is 1420. The van der Waals surface area contributed by atoms with Gasteiger partial charge in [-0.25, -0.2) is 4.18 Å². The Kier molecular flexibility index (Phi) is 4.22. The van der Waals surface area contributed by atoms with E-state index >= 15 is 0 Å². The van der Waals surface area contributed by atoms with E-state index in [2.05, 4.69) is 4.98 Å². The number of fused-ring (bicyclic) bond motifs is 5. The van der Waals surface area contributed by atoms with Crippen molar-refractivity contribution in [2.75, 3.05) is 13.7 Å². The van der Waals surface area contributed by atoms with Gasteiger partial charge >= 0.3 is 10.4 Å². The Morgan fingerprint density at radius 2 is 1.72 bits per heavy atom. The molecule has 2 unspecified atom stereocenters. The molecule has 0 saturated carbocycles. The number of hydrogen-bond acceptors (Lipinski definition) is 6. The molecule has 0 bridgehead atoms. The standard InChI is InChI=1S/C24H20N2O5S/c1-29-18-13-11-17(12-14-18)24-23-22(19-9-5-6-10-21(19)25-23)20(16-7-3-2-4-8-16)15-26(24)31-32(27,28)30-24/h2-14,20,25H,15H2,1H3. The van der Waals surface area contributed by atoms with E-state index in [1.165, 1.54) is 5.06 Å². The second-order valence-corrected chi connectivity index (χ2v) is 9.05. The van der Waals surface area contributed by atoms with Crippen LogP contribution in [0.3, 0.4) is 0 Å². The van der Waals surface area contributed by atoms with E-state index in [-0.39, 0.29) is 5.92 Å². The molecule has 2 aliphatic rings. The Labute approximate surface area is 185 Å². The second kappa shape index (κ2) is 6.91. The van der Waals surface area contributed by atoms with Gasteiger partial charge in [0.2, 0.25) is 5.72 Å². The minimum atomic E-state index is -4.26. The van der Waals surface area contributed by atoms with Crippen molar-refractivity contribution in [2.45, 2.75) is 11.6 Å². The van der Waals surface area contributed by atoms with E-state index in [0.29, 0.717) is 23.6 Å². The summed E-state index contributed by atoms with van der Waals surface area (Å²) in [6.07, 6.45) is 0. The summed E-state index contributed by atoms with van der Waals surface area (Å²) in [5.74, 6) is 0.541. The maximum Gasteiger partial charge on any atom is 0.419 e. The Balaban J connectivity index is 1.67. The number of H-pyrrole nitrogens is 1. The van der Waals surface area contributed by atoms with Gasteiger partial charge in [-0.3, -0.25) is 0 Å². The number of hydroxylamine groups is 2. The molecule has 0 aliphatic carbocycles. The average molecular weight is 449 g/mol. The van der Waals surface area contributed by atoms with Gasteiger partial charge in [-0.1, -0.05) is 60.7 Å². The Morgan fingerprint density at radius 3 is 2.47 bits per heavy atom. The molecule has 0 amide bonds. The Hall–Kier alpha value is -3.17. The van der Waals surface area contributed by atoms with Crippen molar-refractivity contribution >= 4 is 21.3 Å². The second-order valence-electron chi connectivity index (χ2n) is 7.92. The summed E-state index contributed by atoms with van der Waals surface area (Å²) < 4.78 is 41.7. The fraction of sp³-hybridized carbons (Fsp3) is 0.167. The maximum atomic E-state index is 12.6. The number of methoxy groups -OCH3 is 1. The molecular weight excluding hydrogens is 428 g/mol. The van der Waals surface area contributed by atoms with E-state index in [0.717, 1.165) is 22.0 Å². The van der Waals surface area contributed by atoms with Gasteiger partial charge in [0.05, 0.1) is 12.8 Å². The van der Waals surface area contributed by atoms with Gasteiger partial charge in [-0.2, -0.15) is 12.7 Å². The lowest BCUT2D eigenvalue weighted by molar-refractivity contribution is -0.161. The van der Waals surface area contributed by atoms with Gasteiger partial charge in [0, 0.05) is 28.9 Å². The van der Waals surface area contributed by atoms with E-state index in [9.17, 15) is 8.42 Å². The zero-order valence-corrected chi connectivity index (χ0v) is 18.0. The van der Waals surface area contributed by atoms with Gasteiger partial charge in [-0.05, 0) is 29.3 Å². The minimum Gasteiger partial charge on any atom is -0.497 e. The quantitative estimate of drug-likeness (QED) is 0.510. The summed E-state index contributed by atoms with van der Waals surface area (Å²) in [4.78, 5) is 3.45. The van der Waals surface area contributed by atoms with Crippen LogP contribution in [0.2, 0.25) is 0 Å². The summed E-state index contributed by atoms with van der Waals surface area (Å²) in [5.41, 5.74) is 2.77. The van der Waals surface area contributed by atoms with Gasteiger partial charge in [0.25, 0.3) is 0 Å². The third-order valence-electron chi connectivity index (χ3n) is 6.22. The molecule has 2 aliphatic heterocycles. The van der Waals surface area contributed by atoms with E-state index in [4.69, 9.17) is 13.2 Å². The highest BCUT2D eigenvalue weighted by Gasteiger charge is 2.60. The molecular formula is C24H20N2O5S. The van der Waals surface area contributed by atoms with Gasteiger partial charge < -0.3 is 9.72 Å². The summed E-state index contributed by atoms with van der Waals surface area (Å²) in [6.45, 7) is 0.296. The predicted octanol–water partition coefficient (Wildman–Crippen LogP) is 4.03. The zero-order chi connectivity index (χ0) is 21.9. The normalized spacial score (nSPS) is 24.2. The minimum absolute atomic E-state index is 0.120. The first kappa shape index (κ1) is 19.5. The van der Waals surface area contributed by atoms with Crippen LogP contribution >= 0.6 is 0 Å². The molecule has 1 aromatic heterocycles. The fourth-order valence-corrected chi connectivity index (χ4v) is 5.83. The molecule has 4 aromatic rings. The maximum absolute atomic E-state index is 12.6. The molecule has 162 valence electrons. The largest absolute Gasteiger partial charge is 0.497 e. The zero-order valence-electron chi connectivity index (χ0n) is 17.2. The van der Waals surface area contributed by atoms with Crippen molar-refractivity contribution in [1.29, 1.82) is 0 Å². The van der Waals surface area contributed by atoms with Gasteiger partial charge in [0.15, 0.2) is 0 Å². The molecule has 6 rings (SSSR count). The number of nitrogens with one attached hydrogen (secondary N) is 1. The third kappa shape index (κ3) is 2.74. The molecule has 3 heterocycles. The van der Waals surface area contributed by atoms with E-state index in [1.54, 1.807) is 31.4 Å². The first-order valence-electron chi connectivity index (χ1n) is 10.3. The third-order valence-corrected chi connectivity index (χ3v) is 7.03. The molecule has 1 N–H and O–H groups in total. The first-order chi connectivity index (χ1) is 15.5. The highest BCUT2D eigenvalue weighted by atomic mass is 32.3. The van der Waals surface area contributed by atoms with Gasteiger partial charge in [0.1, 0.15) is 5.75 Å². The predicted molar refractivity (Wildman–Crippen MR) is 118 cm³/mol. The molecule has 0 radical (unpaired) electrons. The smallest absolute Gasteiger partial charge is 0.419 e. The SMILES string of the molecule is COc1ccc(C23OS(=O)(=O)ON2CC(c2ccccc2)c2c3[nH]c3ccccc23)cc1. The van der Waals surface area contributed by atoms with Crippen molar-refractivity contribution in [2.24, 2.45) is 0 Å². The number of rotatable bonds is 3. The molecule has 32 heavy (non-hydrogen) atoms. The highest BCUT2D eigenvalue weighted by molar-refractivity contribution is 7.82. The molecule has 2 atom stereocenters. The number of aromatic amines is 1. The average Bonchev–Trinajstić information content (AvgIpc) is 3.34. The number of para-hydroxylation sites is 1. The topological polar surface area (TPSA) is 80.9 Å². The van der Waals surface area contributed by atoms with Crippen LogP contribution < -0.4 is 4.74 Å². The monoisotopic (exact) mass is 448 g/mol. The van der Waals surface area contributed by atoms with Crippen LogP contribution in [-0.4, -0.2) is 32.1 Å². The lowest BCUT2D eigenvalue weighted by atomic mass is 9.81. The molecule has 1 fully saturated rings. The molecule has 1 saturated heterocycles. The van der Waals surface area contributed by atoms with Crippen LogP contribution in [-0.2, 0) is 24.6 Å². The molecule has 8 heteroatoms. The molecule has 3 aromatic carbocycles. The number of benzene rings is 3. The first-order valence-corrected chi connectivity index (χ1v) is 11.6. The van der Waals surface area contributed by atoms with Crippen LogP contribution in [0.4, 0.5) is 0 Å². The summed E-state index contributed by atoms with van der Waals surface area (Å²) in [7, 11) is -2.68. The summed E-state index contributed by atoms with van der Waals surface area (Å²) in [6, 6.07) is 25.1. The summed E-state index contributed by atoms with van der Waals surface area (Å²) in [5, 5.41) is 2.45.